The largest absolute Gasteiger partial charge is 0.383 e. The fraction of sp³-hybridized carbons (Fsp3) is 0.471. The van der Waals surface area contributed by atoms with Gasteiger partial charge in [-0.2, -0.15) is 4.99 Å². The van der Waals surface area contributed by atoms with Crippen molar-refractivity contribution in [3.05, 3.63) is 35.4 Å². The number of aliphatic imine (C=N–C) groups is 1. The van der Waals surface area contributed by atoms with E-state index in [1.807, 2.05) is 18.9 Å². The van der Waals surface area contributed by atoms with E-state index in [9.17, 15) is 4.79 Å². The molecule has 1 amide bonds. The van der Waals surface area contributed by atoms with Crippen LogP contribution in [0.1, 0.15) is 29.8 Å². The lowest BCUT2D eigenvalue weighted by Crippen LogP contribution is -2.34. The van der Waals surface area contributed by atoms with Crippen LogP contribution in [-0.2, 0) is 4.74 Å². The number of amides is 1. The minimum Gasteiger partial charge on any atom is -0.383 e. The van der Waals surface area contributed by atoms with Crippen molar-refractivity contribution in [1.82, 2.24) is 9.91 Å². The van der Waals surface area contributed by atoms with Crippen LogP contribution in [0, 0.1) is 0 Å². The van der Waals surface area contributed by atoms with Gasteiger partial charge < -0.3 is 21.1 Å². The van der Waals surface area contributed by atoms with Crippen molar-refractivity contribution in [3.63, 3.8) is 0 Å². The highest BCUT2D eigenvalue weighted by Gasteiger charge is 2.12. The zero-order valence-corrected chi connectivity index (χ0v) is 14.8. The van der Waals surface area contributed by atoms with Gasteiger partial charge in [0, 0.05) is 24.2 Å². The van der Waals surface area contributed by atoms with Crippen molar-refractivity contribution >= 4 is 17.7 Å². The Morgan fingerprint density at radius 3 is 2.24 bits per heavy atom. The molecule has 1 fully saturated rings. The topological polar surface area (TPSA) is 110 Å². The summed E-state index contributed by atoms with van der Waals surface area (Å²) in [6, 6.07) is 7.01. The van der Waals surface area contributed by atoms with Crippen molar-refractivity contribution in [1.29, 1.82) is 0 Å². The fourth-order valence-electron chi connectivity index (χ4n) is 2.49. The lowest BCUT2D eigenvalue weighted by molar-refractivity contribution is 0.0392. The first-order valence-electron chi connectivity index (χ1n) is 8.45. The first-order valence-corrected chi connectivity index (χ1v) is 8.45. The summed E-state index contributed by atoms with van der Waals surface area (Å²) in [5.74, 6) is 0.361. The Morgan fingerprint density at radius 2 is 1.68 bits per heavy atom. The third kappa shape index (κ3) is 5.18. The first-order chi connectivity index (χ1) is 12.0. The number of hydrogen-bond donors (Lipinski definition) is 2. The highest BCUT2D eigenvalue weighted by atomic mass is 16.5. The normalized spacial score (nSPS) is 16.0. The SMILES string of the molecule is CCN(CC)C(=O)c1ccc(/C(N)=N/C(N)=N/N2CCOCC2)cc1. The van der Waals surface area contributed by atoms with Crippen molar-refractivity contribution in [2.24, 2.45) is 21.6 Å². The zero-order chi connectivity index (χ0) is 18.2. The maximum absolute atomic E-state index is 12.3. The van der Waals surface area contributed by atoms with Gasteiger partial charge in [-0.25, -0.2) is 0 Å². The second-order valence-corrected chi connectivity index (χ2v) is 5.58. The van der Waals surface area contributed by atoms with Gasteiger partial charge in [-0.3, -0.25) is 9.80 Å². The van der Waals surface area contributed by atoms with Crippen molar-refractivity contribution in [2.75, 3.05) is 39.4 Å². The molecule has 0 unspecified atom stereocenters. The summed E-state index contributed by atoms with van der Waals surface area (Å²) >= 11 is 0. The van der Waals surface area contributed by atoms with Crippen LogP contribution in [0.25, 0.3) is 0 Å². The third-order valence-corrected chi connectivity index (χ3v) is 3.94. The summed E-state index contributed by atoms with van der Waals surface area (Å²) in [5.41, 5.74) is 13.1. The Morgan fingerprint density at radius 1 is 1.12 bits per heavy atom. The van der Waals surface area contributed by atoms with Gasteiger partial charge in [-0.1, -0.05) is 12.1 Å². The van der Waals surface area contributed by atoms with Crippen molar-refractivity contribution in [2.45, 2.75) is 13.8 Å². The number of nitrogens with zero attached hydrogens (tertiary/aromatic N) is 4. The summed E-state index contributed by atoms with van der Waals surface area (Å²) in [6.45, 7) is 7.87. The van der Waals surface area contributed by atoms with E-state index in [2.05, 4.69) is 10.1 Å². The Hall–Kier alpha value is -2.61. The van der Waals surface area contributed by atoms with Crippen LogP contribution < -0.4 is 11.5 Å². The Labute approximate surface area is 148 Å². The standard InChI is InChI=1S/C17H26N6O2/c1-3-22(4-2)16(24)14-7-5-13(6-8-14)15(18)20-17(19)21-23-9-11-25-12-10-23/h5-8H,3-4,9-12H2,1-2H3,(H4,18,19,20,21). The number of amidine groups is 1. The van der Waals surface area contributed by atoms with Crippen LogP contribution in [0.2, 0.25) is 0 Å². The number of carbonyl (C=O) groups excluding carboxylic acids is 1. The molecule has 25 heavy (non-hydrogen) atoms. The fourth-order valence-corrected chi connectivity index (χ4v) is 2.49. The second-order valence-electron chi connectivity index (χ2n) is 5.58. The summed E-state index contributed by atoms with van der Waals surface area (Å²) < 4.78 is 5.25. The molecule has 0 saturated carbocycles. The van der Waals surface area contributed by atoms with Crippen molar-refractivity contribution in [3.8, 4) is 0 Å². The molecule has 1 aliphatic rings. The van der Waals surface area contributed by atoms with E-state index in [0.717, 1.165) is 0 Å². The van der Waals surface area contributed by atoms with E-state index in [-0.39, 0.29) is 17.7 Å². The molecule has 1 heterocycles. The van der Waals surface area contributed by atoms with Gasteiger partial charge in [0.05, 0.1) is 26.3 Å². The Balaban J connectivity index is 2.07. The van der Waals surface area contributed by atoms with Gasteiger partial charge in [0.15, 0.2) is 0 Å². The molecule has 8 nitrogen and oxygen atoms in total. The summed E-state index contributed by atoms with van der Waals surface area (Å²) in [5, 5.41) is 6.02. The maximum Gasteiger partial charge on any atom is 0.253 e. The number of rotatable bonds is 5. The van der Waals surface area contributed by atoms with E-state index >= 15 is 0 Å². The lowest BCUT2D eigenvalue weighted by Gasteiger charge is -2.23. The molecule has 1 saturated heterocycles. The van der Waals surface area contributed by atoms with Crippen LogP contribution in [0.15, 0.2) is 34.4 Å². The van der Waals surface area contributed by atoms with E-state index in [1.165, 1.54) is 0 Å². The first kappa shape index (κ1) is 18.7. The molecule has 0 aromatic heterocycles. The summed E-state index contributed by atoms with van der Waals surface area (Å²) in [7, 11) is 0. The summed E-state index contributed by atoms with van der Waals surface area (Å²) in [4.78, 5) is 18.2. The number of hydrogen-bond acceptors (Lipinski definition) is 4. The second kappa shape index (κ2) is 9.03. The summed E-state index contributed by atoms with van der Waals surface area (Å²) in [6.07, 6.45) is 0. The van der Waals surface area contributed by atoms with E-state index in [4.69, 9.17) is 16.2 Å². The van der Waals surface area contributed by atoms with E-state index in [0.29, 0.717) is 50.5 Å². The molecule has 0 bridgehead atoms. The van der Waals surface area contributed by atoms with E-state index in [1.54, 1.807) is 29.2 Å². The molecular weight excluding hydrogens is 320 g/mol. The number of morpholine rings is 1. The molecule has 8 heteroatoms. The average Bonchev–Trinajstić information content (AvgIpc) is 2.63. The smallest absolute Gasteiger partial charge is 0.253 e. The highest BCUT2D eigenvalue weighted by molar-refractivity contribution is 6.05. The van der Waals surface area contributed by atoms with Gasteiger partial charge in [0.1, 0.15) is 5.84 Å². The molecular formula is C17H26N6O2. The average molecular weight is 346 g/mol. The molecule has 4 N–H and O–H groups in total. The maximum atomic E-state index is 12.3. The predicted molar refractivity (Wildman–Crippen MR) is 98.4 cm³/mol. The number of hydrazone groups is 1. The molecule has 136 valence electrons. The van der Waals surface area contributed by atoms with Crippen LogP contribution in [-0.4, -0.2) is 67.0 Å². The molecule has 2 rings (SSSR count). The molecule has 1 aromatic carbocycles. The number of ether oxygens (including phenoxy) is 1. The molecule has 0 radical (unpaired) electrons. The van der Waals surface area contributed by atoms with Crippen LogP contribution >= 0.6 is 0 Å². The van der Waals surface area contributed by atoms with Crippen LogP contribution in [0.3, 0.4) is 0 Å². The van der Waals surface area contributed by atoms with Gasteiger partial charge in [-0.05, 0) is 26.0 Å². The highest BCUT2D eigenvalue weighted by Crippen LogP contribution is 2.08. The molecule has 1 aliphatic heterocycles. The minimum absolute atomic E-state index is 0.000420. The zero-order valence-electron chi connectivity index (χ0n) is 14.8. The predicted octanol–water partition coefficient (Wildman–Crippen LogP) is 0.436. The third-order valence-electron chi connectivity index (χ3n) is 3.94. The number of guanidine groups is 1. The van der Waals surface area contributed by atoms with Crippen LogP contribution in [0.5, 0.6) is 0 Å². The van der Waals surface area contributed by atoms with Crippen molar-refractivity contribution < 1.29 is 9.53 Å². The van der Waals surface area contributed by atoms with Crippen LogP contribution in [0.4, 0.5) is 0 Å². The van der Waals surface area contributed by atoms with Gasteiger partial charge in [0.25, 0.3) is 5.91 Å². The number of nitrogens with two attached hydrogens (primary N) is 2. The number of carbonyl (C=O) groups is 1. The molecule has 0 spiro atoms. The van der Waals surface area contributed by atoms with Gasteiger partial charge in [-0.15, -0.1) is 5.10 Å². The van der Waals surface area contributed by atoms with Gasteiger partial charge >= 0.3 is 0 Å². The minimum atomic E-state index is 0.000420. The molecule has 1 aromatic rings. The molecule has 0 aliphatic carbocycles. The molecule has 0 atom stereocenters. The number of benzene rings is 1. The Kier molecular flexibility index (Phi) is 6.76. The van der Waals surface area contributed by atoms with E-state index < -0.39 is 0 Å². The lowest BCUT2D eigenvalue weighted by atomic mass is 10.1. The van der Waals surface area contributed by atoms with Gasteiger partial charge in [0.2, 0.25) is 5.96 Å². The monoisotopic (exact) mass is 346 g/mol. The Bertz CT molecular complexity index is 631. The quantitative estimate of drug-likeness (QED) is 0.594.